The molecule has 2 aromatic rings. The Balaban J connectivity index is 2.22. The van der Waals surface area contributed by atoms with Crippen LogP contribution >= 0.6 is 22.9 Å². The van der Waals surface area contributed by atoms with Gasteiger partial charge in [0, 0.05) is 6.04 Å². The molecule has 0 aromatic carbocycles. The number of hydrogen-bond acceptors (Lipinski definition) is 5. The van der Waals surface area contributed by atoms with Gasteiger partial charge in [-0.2, -0.15) is 0 Å². The van der Waals surface area contributed by atoms with E-state index in [1.54, 1.807) is 11.3 Å². The van der Waals surface area contributed by atoms with Crippen LogP contribution in [0.1, 0.15) is 29.9 Å². The Bertz CT molecular complexity index is 493. The third-order valence-electron chi connectivity index (χ3n) is 2.44. The summed E-state index contributed by atoms with van der Waals surface area (Å²) in [5, 5.41) is 8.92. The van der Waals surface area contributed by atoms with Gasteiger partial charge in [0.2, 0.25) is 0 Å². The standard InChI is InChI=1S/C11H13N3OS2/c1-3-7(2)12-11(15)10-9(13-14-17-10)8-5-4-6-16-8/h4-7H,3H2,1-2H3,(H,12,15)/t7-/m0/s1. The van der Waals surface area contributed by atoms with Gasteiger partial charge in [0.05, 0.1) is 4.88 Å². The molecule has 0 fully saturated rings. The molecule has 1 atom stereocenters. The second-order valence-corrected chi connectivity index (χ2v) is 5.41. The Morgan fingerprint density at radius 3 is 3.06 bits per heavy atom. The SMILES string of the molecule is CC[C@H](C)NC(=O)c1snnc1-c1cccs1. The fourth-order valence-corrected chi connectivity index (χ4v) is 2.67. The zero-order valence-electron chi connectivity index (χ0n) is 9.64. The number of amides is 1. The zero-order chi connectivity index (χ0) is 12.3. The topological polar surface area (TPSA) is 54.9 Å². The van der Waals surface area contributed by atoms with Gasteiger partial charge in [0.25, 0.3) is 5.91 Å². The highest BCUT2D eigenvalue weighted by Crippen LogP contribution is 2.27. The van der Waals surface area contributed by atoms with E-state index in [0.717, 1.165) is 22.8 Å². The molecule has 0 aliphatic heterocycles. The molecule has 0 saturated carbocycles. The van der Waals surface area contributed by atoms with Crippen molar-refractivity contribution in [1.29, 1.82) is 0 Å². The number of carbonyl (C=O) groups is 1. The van der Waals surface area contributed by atoms with E-state index < -0.39 is 0 Å². The van der Waals surface area contributed by atoms with Gasteiger partial charge in [-0.3, -0.25) is 4.79 Å². The maximum atomic E-state index is 12.0. The largest absolute Gasteiger partial charge is 0.349 e. The summed E-state index contributed by atoms with van der Waals surface area (Å²) in [4.78, 5) is 13.6. The molecule has 0 aliphatic rings. The maximum Gasteiger partial charge on any atom is 0.265 e. The zero-order valence-corrected chi connectivity index (χ0v) is 11.3. The van der Waals surface area contributed by atoms with Gasteiger partial charge in [-0.25, -0.2) is 0 Å². The highest BCUT2D eigenvalue weighted by molar-refractivity contribution is 7.14. The number of hydrogen-bond donors (Lipinski definition) is 1. The van der Waals surface area contributed by atoms with E-state index in [0.29, 0.717) is 10.6 Å². The molecule has 2 rings (SSSR count). The highest BCUT2D eigenvalue weighted by Gasteiger charge is 2.19. The third kappa shape index (κ3) is 2.70. The second kappa shape index (κ2) is 5.37. The first-order valence-electron chi connectivity index (χ1n) is 5.39. The highest BCUT2D eigenvalue weighted by atomic mass is 32.1. The van der Waals surface area contributed by atoms with Crippen molar-refractivity contribution in [1.82, 2.24) is 14.9 Å². The predicted octanol–water partition coefficient (Wildman–Crippen LogP) is 2.79. The third-order valence-corrected chi connectivity index (χ3v) is 4.04. The summed E-state index contributed by atoms with van der Waals surface area (Å²) in [6.07, 6.45) is 0.909. The Morgan fingerprint density at radius 1 is 1.59 bits per heavy atom. The summed E-state index contributed by atoms with van der Waals surface area (Å²) >= 11 is 2.70. The Kier molecular flexibility index (Phi) is 3.86. The minimum atomic E-state index is -0.0854. The number of aromatic nitrogens is 2. The van der Waals surface area contributed by atoms with Crippen molar-refractivity contribution in [3.63, 3.8) is 0 Å². The molecule has 0 spiro atoms. The summed E-state index contributed by atoms with van der Waals surface area (Å²) < 4.78 is 3.87. The van der Waals surface area contributed by atoms with E-state index in [2.05, 4.69) is 14.9 Å². The Morgan fingerprint density at radius 2 is 2.41 bits per heavy atom. The molecule has 17 heavy (non-hydrogen) atoms. The summed E-state index contributed by atoms with van der Waals surface area (Å²) in [6, 6.07) is 4.05. The number of carbonyl (C=O) groups excluding carboxylic acids is 1. The Hall–Kier alpha value is -1.27. The van der Waals surface area contributed by atoms with Gasteiger partial charge < -0.3 is 5.32 Å². The van der Waals surface area contributed by atoms with Crippen molar-refractivity contribution in [2.75, 3.05) is 0 Å². The van der Waals surface area contributed by atoms with Crippen molar-refractivity contribution >= 4 is 28.8 Å². The van der Waals surface area contributed by atoms with E-state index in [1.165, 1.54) is 0 Å². The molecule has 1 amide bonds. The van der Waals surface area contributed by atoms with Crippen LogP contribution in [0.5, 0.6) is 0 Å². The quantitative estimate of drug-likeness (QED) is 0.926. The Labute approximate surface area is 108 Å². The smallest absolute Gasteiger partial charge is 0.265 e. The fourth-order valence-electron chi connectivity index (χ4n) is 1.31. The van der Waals surface area contributed by atoms with E-state index >= 15 is 0 Å². The molecule has 2 aromatic heterocycles. The molecular weight excluding hydrogens is 254 g/mol. The number of nitrogens with one attached hydrogen (secondary N) is 1. The molecule has 0 aliphatic carbocycles. The van der Waals surface area contributed by atoms with Gasteiger partial charge >= 0.3 is 0 Å². The molecule has 1 N–H and O–H groups in total. The molecule has 2 heterocycles. The van der Waals surface area contributed by atoms with E-state index in [9.17, 15) is 4.79 Å². The lowest BCUT2D eigenvalue weighted by Crippen LogP contribution is -2.31. The van der Waals surface area contributed by atoms with Crippen LogP contribution < -0.4 is 5.32 Å². The van der Waals surface area contributed by atoms with Crippen molar-refractivity contribution < 1.29 is 4.79 Å². The summed E-state index contributed by atoms with van der Waals surface area (Å²) in [5.41, 5.74) is 0.686. The molecule has 0 bridgehead atoms. The fraction of sp³-hybridized carbons (Fsp3) is 0.364. The molecule has 0 radical (unpaired) electrons. The van der Waals surface area contributed by atoms with Gasteiger partial charge in [0.15, 0.2) is 0 Å². The molecule has 6 heteroatoms. The predicted molar refractivity (Wildman–Crippen MR) is 70.4 cm³/mol. The molecule has 0 saturated heterocycles. The van der Waals surface area contributed by atoms with Crippen LogP contribution in [-0.2, 0) is 0 Å². The van der Waals surface area contributed by atoms with Crippen LogP contribution in [0.15, 0.2) is 17.5 Å². The number of thiophene rings is 1. The van der Waals surface area contributed by atoms with E-state index in [-0.39, 0.29) is 11.9 Å². The normalized spacial score (nSPS) is 12.4. The summed E-state index contributed by atoms with van der Waals surface area (Å²) in [7, 11) is 0. The second-order valence-electron chi connectivity index (χ2n) is 3.71. The molecular formula is C11H13N3OS2. The van der Waals surface area contributed by atoms with Gasteiger partial charge in [-0.1, -0.05) is 17.5 Å². The van der Waals surface area contributed by atoms with Crippen LogP contribution in [0.3, 0.4) is 0 Å². The van der Waals surface area contributed by atoms with Crippen LogP contribution in [0.25, 0.3) is 10.6 Å². The monoisotopic (exact) mass is 267 g/mol. The van der Waals surface area contributed by atoms with Crippen LogP contribution in [0.2, 0.25) is 0 Å². The van der Waals surface area contributed by atoms with Crippen molar-refractivity contribution in [3.8, 4) is 10.6 Å². The van der Waals surface area contributed by atoms with Crippen LogP contribution in [0.4, 0.5) is 0 Å². The van der Waals surface area contributed by atoms with Crippen molar-refractivity contribution in [2.24, 2.45) is 0 Å². The van der Waals surface area contributed by atoms with Crippen LogP contribution in [0, 0.1) is 0 Å². The summed E-state index contributed by atoms with van der Waals surface area (Å²) in [6.45, 7) is 4.02. The number of rotatable bonds is 4. The molecule has 90 valence electrons. The average molecular weight is 267 g/mol. The number of nitrogens with zero attached hydrogens (tertiary/aromatic N) is 2. The van der Waals surface area contributed by atoms with Crippen molar-refractivity contribution in [2.45, 2.75) is 26.3 Å². The van der Waals surface area contributed by atoms with Crippen LogP contribution in [-0.4, -0.2) is 21.5 Å². The first kappa shape index (κ1) is 12.2. The lowest BCUT2D eigenvalue weighted by Gasteiger charge is -2.09. The first-order chi connectivity index (χ1) is 8.22. The van der Waals surface area contributed by atoms with E-state index in [4.69, 9.17) is 0 Å². The van der Waals surface area contributed by atoms with Gasteiger partial charge in [-0.05, 0) is 36.3 Å². The first-order valence-corrected chi connectivity index (χ1v) is 7.04. The molecule has 4 nitrogen and oxygen atoms in total. The van der Waals surface area contributed by atoms with Crippen molar-refractivity contribution in [3.05, 3.63) is 22.4 Å². The summed E-state index contributed by atoms with van der Waals surface area (Å²) in [5.74, 6) is -0.0854. The lowest BCUT2D eigenvalue weighted by atomic mass is 10.2. The minimum absolute atomic E-state index is 0.0854. The lowest BCUT2D eigenvalue weighted by molar-refractivity contribution is 0.0944. The minimum Gasteiger partial charge on any atom is -0.349 e. The van der Waals surface area contributed by atoms with E-state index in [1.807, 2.05) is 31.4 Å². The van der Waals surface area contributed by atoms with Gasteiger partial charge in [0.1, 0.15) is 10.6 Å². The average Bonchev–Trinajstić information content (AvgIpc) is 2.98. The maximum absolute atomic E-state index is 12.0. The van der Waals surface area contributed by atoms with Gasteiger partial charge in [-0.15, -0.1) is 16.4 Å². The molecule has 0 unspecified atom stereocenters.